The van der Waals surface area contributed by atoms with Crippen LogP contribution in [0.4, 0.5) is 4.39 Å². The summed E-state index contributed by atoms with van der Waals surface area (Å²) >= 11 is 0. The molecule has 0 aliphatic carbocycles. The molecule has 12 heteroatoms. The van der Waals surface area contributed by atoms with E-state index in [2.05, 4.69) is 4.52 Å². The molecule has 0 bridgehead atoms. The maximum absolute atomic E-state index is 14.3. The molecule has 0 radical (unpaired) electrons. The second-order valence-corrected chi connectivity index (χ2v) is 6.02. The van der Waals surface area contributed by atoms with Crippen molar-refractivity contribution in [2.24, 2.45) is 0 Å². The van der Waals surface area contributed by atoms with Crippen LogP contribution in [-0.4, -0.2) is 43.0 Å². The molecule has 1 saturated heterocycles. The van der Waals surface area contributed by atoms with E-state index < -0.39 is 50.3 Å². The molecular weight excluding hydrogens is 338 g/mol. The Labute approximate surface area is 127 Å². The van der Waals surface area contributed by atoms with Crippen molar-refractivity contribution in [3.8, 4) is 12.3 Å². The van der Waals surface area contributed by atoms with Gasteiger partial charge >= 0.3 is 13.5 Å². The van der Waals surface area contributed by atoms with Crippen LogP contribution in [0, 0.1) is 12.3 Å². The molecular formula is C11H12FN2O8P. The molecule has 0 amide bonds. The molecule has 1 fully saturated rings. The highest BCUT2D eigenvalue weighted by atomic mass is 31.2. The minimum Gasteiger partial charge on any atom is -0.388 e. The van der Waals surface area contributed by atoms with Crippen LogP contribution < -0.4 is 11.2 Å². The summed E-state index contributed by atoms with van der Waals surface area (Å²) in [7, 11) is -4.95. The molecule has 3 atom stereocenters. The normalized spacial score (nSPS) is 27.8. The van der Waals surface area contributed by atoms with Gasteiger partial charge in [-0.15, -0.1) is 6.42 Å². The smallest absolute Gasteiger partial charge is 0.388 e. The van der Waals surface area contributed by atoms with E-state index in [-0.39, 0.29) is 5.56 Å². The lowest BCUT2D eigenvalue weighted by atomic mass is 10.2. The van der Waals surface area contributed by atoms with Gasteiger partial charge in [-0.05, 0) is 0 Å². The summed E-state index contributed by atoms with van der Waals surface area (Å²) in [6.45, 7) is -1.16. The SMILES string of the molecule is C#Cc1cn([C@@H]2O[C@](F)(COP(=O)(O)O)C[C@H]2O)c(=O)[nH]c1=O. The summed E-state index contributed by atoms with van der Waals surface area (Å²) in [4.78, 5) is 42.1. The van der Waals surface area contributed by atoms with E-state index in [1.807, 2.05) is 10.9 Å². The van der Waals surface area contributed by atoms with Crippen LogP contribution in [0.3, 0.4) is 0 Å². The van der Waals surface area contributed by atoms with E-state index in [9.17, 15) is 23.7 Å². The maximum Gasteiger partial charge on any atom is 0.469 e. The number of hydrogen-bond acceptors (Lipinski definition) is 6. The Hall–Kier alpha value is -1.80. The van der Waals surface area contributed by atoms with Crippen molar-refractivity contribution in [2.45, 2.75) is 24.6 Å². The van der Waals surface area contributed by atoms with Crippen molar-refractivity contribution in [2.75, 3.05) is 6.61 Å². The van der Waals surface area contributed by atoms with Gasteiger partial charge in [-0.2, -0.15) is 0 Å². The van der Waals surface area contributed by atoms with Crippen LogP contribution >= 0.6 is 7.82 Å². The number of rotatable bonds is 4. The third kappa shape index (κ3) is 3.94. The second kappa shape index (κ2) is 6.01. The molecule has 2 rings (SSSR count). The molecule has 1 aromatic rings. The summed E-state index contributed by atoms with van der Waals surface area (Å²) in [5.74, 6) is -0.734. The predicted molar refractivity (Wildman–Crippen MR) is 71.8 cm³/mol. The van der Waals surface area contributed by atoms with E-state index in [0.29, 0.717) is 4.57 Å². The van der Waals surface area contributed by atoms with E-state index in [0.717, 1.165) is 6.20 Å². The third-order valence-corrected chi connectivity index (χ3v) is 3.49. The van der Waals surface area contributed by atoms with Gasteiger partial charge in [-0.3, -0.25) is 18.9 Å². The number of nitrogens with one attached hydrogen (secondary N) is 1. The summed E-state index contributed by atoms with van der Waals surface area (Å²) in [5, 5.41) is 9.85. The van der Waals surface area contributed by atoms with Crippen LogP contribution in [0.15, 0.2) is 15.8 Å². The fraction of sp³-hybridized carbons (Fsp3) is 0.455. The van der Waals surface area contributed by atoms with Gasteiger partial charge in [0, 0.05) is 12.6 Å². The Kier molecular flexibility index (Phi) is 4.59. The predicted octanol–water partition coefficient (Wildman–Crippen LogP) is -1.43. The summed E-state index contributed by atoms with van der Waals surface area (Å²) in [6.07, 6.45) is 2.17. The number of aliphatic hydroxyl groups is 1. The minimum absolute atomic E-state index is 0.247. The van der Waals surface area contributed by atoms with Gasteiger partial charge in [0.15, 0.2) is 6.23 Å². The Bertz CT molecular complexity index is 807. The van der Waals surface area contributed by atoms with Gasteiger partial charge in [-0.1, -0.05) is 5.92 Å². The number of phosphoric acid groups is 1. The van der Waals surface area contributed by atoms with Crippen LogP contribution in [0.5, 0.6) is 0 Å². The summed E-state index contributed by atoms with van der Waals surface area (Å²) < 4.78 is 34.5. The number of nitrogens with zero attached hydrogens (tertiary/aromatic N) is 1. The Morgan fingerprint density at radius 1 is 1.61 bits per heavy atom. The molecule has 10 nitrogen and oxygen atoms in total. The van der Waals surface area contributed by atoms with E-state index in [1.165, 1.54) is 0 Å². The van der Waals surface area contributed by atoms with Gasteiger partial charge in [-0.25, -0.2) is 13.8 Å². The van der Waals surface area contributed by atoms with E-state index in [1.54, 1.807) is 0 Å². The van der Waals surface area contributed by atoms with Crippen LogP contribution in [0.25, 0.3) is 0 Å². The number of alkyl halides is 1. The highest BCUT2D eigenvalue weighted by molar-refractivity contribution is 7.46. The van der Waals surface area contributed by atoms with Crippen molar-refractivity contribution in [3.63, 3.8) is 0 Å². The lowest BCUT2D eigenvalue weighted by molar-refractivity contribution is -0.178. The van der Waals surface area contributed by atoms with Gasteiger partial charge in [0.05, 0.1) is 0 Å². The minimum atomic E-state index is -4.95. The van der Waals surface area contributed by atoms with Crippen LogP contribution in [-0.2, 0) is 13.8 Å². The van der Waals surface area contributed by atoms with E-state index in [4.69, 9.17) is 20.9 Å². The third-order valence-electron chi connectivity index (χ3n) is 3.02. The molecule has 23 heavy (non-hydrogen) atoms. The Balaban J connectivity index is 2.29. The van der Waals surface area contributed by atoms with Crippen LogP contribution in [0.1, 0.15) is 18.2 Å². The molecule has 0 unspecified atom stereocenters. The number of ether oxygens (including phenoxy) is 1. The number of hydrogen-bond donors (Lipinski definition) is 4. The highest BCUT2D eigenvalue weighted by Gasteiger charge is 2.49. The number of halogens is 1. The molecule has 1 aliphatic rings. The first-order valence-corrected chi connectivity index (χ1v) is 7.65. The standard InChI is InChI=1S/C11H12FN2O8P/c1-2-6-4-14(10(17)13-8(6)16)9-7(15)3-11(12,22-9)5-21-23(18,19)20/h1,4,7,9,15H,3,5H2,(H,13,16,17)(H2,18,19,20)/t7-,9-,11+/m1/s1. The maximum atomic E-state index is 14.3. The summed E-state index contributed by atoms with van der Waals surface area (Å²) in [5.41, 5.74) is -2.08. The van der Waals surface area contributed by atoms with Crippen molar-refractivity contribution >= 4 is 7.82 Å². The lowest BCUT2D eigenvalue weighted by Gasteiger charge is -2.21. The average molecular weight is 350 g/mol. The molecule has 2 heterocycles. The quantitative estimate of drug-likeness (QED) is 0.381. The number of aliphatic hydroxyl groups excluding tert-OH is 1. The molecule has 1 aromatic heterocycles. The number of terminal acetylenes is 1. The van der Waals surface area contributed by atoms with Crippen molar-refractivity contribution < 1.29 is 33.1 Å². The average Bonchev–Trinajstić information content (AvgIpc) is 2.72. The van der Waals surface area contributed by atoms with Crippen molar-refractivity contribution in [1.82, 2.24) is 9.55 Å². The number of phosphoric ester groups is 1. The number of aromatic nitrogens is 2. The first kappa shape index (κ1) is 17.6. The zero-order chi connectivity index (χ0) is 17.4. The first-order chi connectivity index (χ1) is 10.5. The molecule has 0 aromatic carbocycles. The van der Waals surface area contributed by atoms with Gasteiger partial charge < -0.3 is 19.6 Å². The Morgan fingerprint density at radius 2 is 2.26 bits per heavy atom. The van der Waals surface area contributed by atoms with Gasteiger partial charge in [0.1, 0.15) is 18.3 Å². The molecule has 4 N–H and O–H groups in total. The highest BCUT2D eigenvalue weighted by Crippen LogP contribution is 2.42. The first-order valence-electron chi connectivity index (χ1n) is 6.12. The zero-order valence-electron chi connectivity index (χ0n) is 11.4. The fourth-order valence-corrected chi connectivity index (χ4v) is 2.41. The van der Waals surface area contributed by atoms with Crippen LogP contribution in [0.2, 0.25) is 0 Å². The van der Waals surface area contributed by atoms with Crippen molar-refractivity contribution in [1.29, 1.82) is 0 Å². The molecule has 126 valence electrons. The lowest BCUT2D eigenvalue weighted by Crippen LogP contribution is -2.37. The molecule has 1 aliphatic heterocycles. The topological polar surface area (TPSA) is 151 Å². The zero-order valence-corrected chi connectivity index (χ0v) is 12.3. The molecule has 0 saturated carbocycles. The number of aromatic amines is 1. The van der Waals surface area contributed by atoms with Gasteiger partial charge in [0.25, 0.3) is 5.56 Å². The fourth-order valence-electron chi connectivity index (χ4n) is 2.05. The molecule has 0 spiro atoms. The summed E-state index contributed by atoms with van der Waals surface area (Å²) in [6, 6.07) is 0. The second-order valence-electron chi connectivity index (χ2n) is 4.78. The largest absolute Gasteiger partial charge is 0.469 e. The van der Waals surface area contributed by atoms with Crippen molar-refractivity contribution in [3.05, 3.63) is 32.6 Å². The Morgan fingerprint density at radius 3 is 2.83 bits per heavy atom. The monoisotopic (exact) mass is 350 g/mol. The number of H-pyrrole nitrogens is 1. The van der Waals surface area contributed by atoms with E-state index >= 15 is 0 Å². The van der Waals surface area contributed by atoms with Gasteiger partial charge in [0.2, 0.25) is 5.85 Å².